The van der Waals surface area contributed by atoms with Gasteiger partial charge in [0.15, 0.2) is 0 Å². The fourth-order valence-corrected chi connectivity index (χ4v) is 3.83. The molecule has 174 valence electrons. The van der Waals surface area contributed by atoms with Gasteiger partial charge in [0.1, 0.15) is 17.4 Å². The van der Waals surface area contributed by atoms with E-state index in [0.717, 1.165) is 29.8 Å². The van der Waals surface area contributed by atoms with Gasteiger partial charge in [0.05, 0.1) is 0 Å². The molecule has 0 bridgehead atoms. The van der Waals surface area contributed by atoms with Crippen molar-refractivity contribution in [2.75, 3.05) is 11.9 Å². The van der Waals surface area contributed by atoms with Crippen LogP contribution in [0.15, 0.2) is 90.5 Å². The molecule has 0 radical (unpaired) electrons. The second kappa shape index (κ2) is 13.6. The number of nitriles is 1. The van der Waals surface area contributed by atoms with Gasteiger partial charge in [0.2, 0.25) is 0 Å². The first-order valence-corrected chi connectivity index (χ1v) is 12.0. The van der Waals surface area contributed by atoms with Crippen molar-refractivity contribution < 1.29 is 9.53 Å². The molecule has 0 spiro atoms. The molecule has 1 N–H and O–H groups in total. The summed E-state index contributed by atoms with van der Waals surface area (Å²) in [6, 6.07) is 28.3. The first kappa shape index (κ1) is 24.8. The van der Waals surface area contributed by atoms with Crippen molar-refractivity contribution in [1.29, 1.82) is 5.26 Å². The zero-order valence-electron chi connectivity index (χ0n) is 19.8. The normalized spacial score (nSPS) is 10.2. The number of esters is 1. The van der Waals surface area contributed by atoms with Crippen LogP contribution in [0.3, 0.4) is 0 Å². The van der Waals surface area contributed by atoms with Crippen LogP contribution in [-0.4, -0.2) is 12.5 Å². The third-order valence-corrected chi connectivity index (χ3v) is 5.59. The summed E-state index contributed by atoms with van der Waals surface area (Å²) in [4.78, 5) is 13.1. The molecule has 0 heterocycles. The van der Waals surface area contributed by atoms with E-state index in [1.54, 1.807) is 12.1 Å². The van der Waals surface area contributed by atoms with Gasteiger partial charge in [-0.15, -0.1) is 0 Å². The van der Waals surface area contributed by atoms with Crippen LogP contribution in [0.5, 0.6) is 5.75 Å². The summed E-state index contributed by atoms with van der Waals surface area (Å²) in [7, 11) is 0. The Morgan fingerprint density at radius 1 is 0.824 bits per heavy atom. The van der Waals surface area contributed by atoms with Crippen molar-refractivity contribution in [2.24, 2.45) is 0 Å². The maximum Gasteiger partial charge on any atom is 0.354 e. The molecule has 0 atom stereocenters. The highest BCUT2D eigenvalue weighted by Gasteiger charge is 2.20. The van der Waals surface area contributed by atoms with Gasteiger partial charge in [-0.2, -0.15) is 5.26 Å². The number of unbranched alkanes of at least 4 members (excludes halogenated alkanes) is 5. The lowest BCUT2D eigenvalue weighted by atomic mass is 9.93. The fourth-order valence-electron chi connectivity index (χ4n) is 3.83. The van der Waals surface area contributed by atoms with Gasteiger partial charge in [-0.25, -0.2) is 4.79 Å². The molecular weight excluding hydrogens is 420 g/mol. The molecular formula is C30H32N2O2. The number of nitrogens with one attached hydrogen (secondary N) is 1. The summed E-state index contributed by atoms with van der Waals surface area (Å²) in [6.45, 7) is 3.10. The van der Waals surface area contributed by atoms with E-state index in [1.807, 2.05) is 72.8 Å². The predicted octanol–water partition coefficient (Wildman–Crippen LogP) is 7.39. The molecule has 3 aromatic rings. The Balaban J connectivity index is 1.73. The molecule has 0 aliphatic carbocycles. The van der Waals surface area contributed by atoms with Gasteiger partial charge >= 0.3 is 5.97 Å². The third-order valence-electron chi connectivity index (χ3n) is 5.59. The molecule has 3 aromatic carbocycles. The number of hydrogen-bond acceptors (Lipinski definition) is 4. The number of carbonyl (C=O) groups excluding carboxylic acids is 1. The lowest BCUT2D eigenvalue weighted by Gasteiger charge is -2.12. The van der Waals surface area contributed by atoms with Crippen molar-refractivity contribution in [3.8, 4) is 11.8 Å². The second-order valence-corrected chi connectivity index (χ2v) is 8.21. The minimum atomic E-state index is -0.668. The van der Waals surface area contributed by atoms with E-state index in [1.165, 1.54) is 32.1 Å². The number of rotatable bonds is 12. The monoisotopic (exact) mass is 452 g/mol. The van der Waals surface area contributed by atoms with E-state index < -0.39 is 5.97 Å². The van der Waals surface area contributed by atoms with Crippen LogP contribution in [0.1, 0.15) is 56.6 Å². The molecule has 0 fully saturated rings. The van der Waals surface area contributed by atoms with Gasteiger partial charge < -0.3 is 10.1 Å². The van der Waals surface area contributed by atoms with Crippen LogP contribution in [0.4, 0.5) is 5.69 Å². The lowest BCUT2D eigenvalue weighted by Crippen LogP contribution is -2.13. The van der Waals surface area contributed by atoms with Crippen molar-refractivity contribution in [2.45, 2.75) is 45.4 Å². The summed E-state index contributed by atoms with van der Waals surface area (Å²) in [6.07, 6.45) is 7.43. The highest BCUT2D eigenvalue weighted by molar-refractivity contribution is 6.06. The maximum absolute atomic E-state index is 13.1. The van der Waals surface area contributed by atoms with E-state index in [4.69, 9.17) is 4.74 Å². The van der Waals surface area contributed by atoms with E-state index in [-0.39, 0.29) is 5.57 Å². The van der Waals surface area contributed by atoms with Gasteiger partial charge in [0.25, 0.3) is 0 Å². The molecule has 0 saturated carbocycles. The Hall–Kier alpha value is -3.84. The Kier molecular flexibility index (Phi) is 9.95. The Labute approximate surface area is 202 Å². The largest absolute Gasteiger partial charge is 0.422 e. The minimum Gasteiger partial charge on any atom is -0.422 e. The van der Waals surface area contributed by atoms with Crippen molar-refractivity contribution in [1.82, 2.24) is 0 Å². The van der Waals surface area contributed by atoms with Crippen LogP contribution in [-0.2, 0) is 4.79 Å². The van der Waals surface area contributed by atoms with Crippen molar-refractivity contribution >= 4 is 17.2 Å². The lowest BCUT2D eigenvalue weighted by molar-refractivity contribution is -0.129. The topological polar surface area (TPSA) is 62.1 Å². The van der Waals surface area contributed by atoms with Gasteiger partial charge in [-0.05, 0) is 29.7 Å². The molecule has 0 aliphatic rings. The highest BCUT2D eigenvalue weighted by atomic mass is 16.5. The highest BCUT2D eigenvalue weighted by Crippen LogP contribution is 2.28. The summed E-state index contributed by atoms with van der Waals surface area (Å²) in [5.41, 5.74) is 3.01. The average molecular weight is 453 g/mol. The SMILES string of the molecule is CCCCCCCCNc1cccc(OC(=O)C(C#N)=C(c2ccccc2)c2ccccc2)c1. The molecule has 34 heavy (non-hydrogen) atoms. The molecule has 0 amide bonds. The molecule has 0 aliphatic heterocycles. The molecule has 3 rings (SSSR count). The van der Waals surface area contributed by atoms with Crippen molar-refractivity contribution in [3.63, 3.8) is 0 Å². The van der Waals surface area contributed by atoms with E-state index >= 15 is 0 Å². The minimum absolute atomic E-state index is 0.0251. The number of benzene rings is 3. The molecule has 0 unspecified atom stereocenters. The summed E-state index contributed by atoms with van der Waals surface area (Å²) in [5.74, 6) is -0.260. The quantitative estimate of drug-likeness (QED) is 0.102. The van der Waals surface area contributed by atoms with Gasteiger partial charge in [0, 0.05) is 23.9 Å². The predicted molar refractivity (Wildman–Crippen MR) is 138 cm³/mol. The second-order valence-electron chi connectivity index (χ2n) is 8.21. The zero-order valence-corrected chi connectivity index (χ0v) is 19.8. The molecule has 4 heteroatoms. The zero-order chi connectivity index (χ0) is 24.0. The summed E-state index contributed by atoms with van der Waals surface area (Å²) < 4.78 is 5.64. The third kappa shape index (κ3) is 7.35. The first-order valence-electron chi connectivity index (χ1n) is 12.0. The van der Waals surface area contributed by atoms with Crippen molar-refractivity contribution in [3.05, 3.63) is 102 Å². The summed E-state index contributed by atoms with van der Waals surface area (Å²) >= 11 is 0. The fraction of sp³-hybridized carbons (Fsp3) is 0.267. The van der Waals surface area contributed by atoms with Crippen LogP contribution >= 0.6 is 0 Å². The Bertz CT molecular complexity index is 1070. The molecule has 0 aromatic heterocycles. The number of nitrogens with zero attached hydrogens (tertiary/aromatic N) is 1. The van der Waals surface area contributed by atoms with Gasteiger partial charge in [-0.3, -0.25) is 0 Å². The smallest absolute Gasteiger partial charge is 0.354 e. The average Bonchev–Trinajstić information content (AvgIpc) is 2.88. The van der Waals surface area contributed by atoms with E-state index in [9.17, 15) is 10.1 Å². The van der Waals surface area contributed by atoms with E-state index in [2.05, 4.69) is 18.3 Å². The van der Waals surface area contributed by atoms with E-state index in [0.29, 0.717) is 11.3 Å². The van der Waals surface area contributed by atoms with Crippen LogP contribution in [0.25, 0.3) is 5.57 Å². The Morgan fingerprint density at radius 2 is 1.44 bits per heavy atom. The molecule has 0 saturated heterocycles. The number of anilines is 1. The van der Waals surface area contributed by atoms with Crippen LogP contribution in [0.2, 0.25) is 0 Å². The van der Waals surface area contributed by atoms with Crippen LogP contribution in [0, 0.1) is 11.3 Å². The number of hydrogen-bond donors (Lipinski definition) is 1. The number of carbonyl (C=O) groups is 1. The van der Waals surface area contributed by atoms with Crippen LogP contribution < -0.4 is 10.1 Å². The Morgan fingerprint density at radius 3 is 2.06 bits per heavy atom. The van der Waals surface area contributed by atoms with Gasteiger partial charge in [-0.1, -0.05) is 106 Å². The first-order chi connectivity index (χ1) is 16.7. The number of ether oxygens (including phenoxy) is 1. The standard InChI is InChI=1S/C30H32N2O2/c1-2-3-4-5-6-13-21-32-26-19-14-20-27(22-26)34-30(33)28(23-31)29(24-15-9-7-10-16-24)25-17-11-8-12-18-25/h7-12,14-20,22,32H,2-6,13,21H2,1H3. The maximum atomic E-state index is 13.1. The summed E-state index contributed by atoms with van der Waals surface area (Å²) in [5, 5.41) is 13.3. The molecule has 4 nitrogen and oxygen atoms in total.